The van der Waals surface area contributed by atoms with Crippen LogP contribution in [0, 0.1) is 0 Å². The molecular weight excluding hydrogens is 663 g/mol. The minimum Gasteiger partial charge on any atom is -0.310 e. The molecule has 0 aromatic heterocycles. The van der Waals surface area contributed by atoms with E-state index in [1.165, 1.54) is 66.8 Å². The molecule has 0 unspecified atom stereocenters. The third-order valence-corrected chi connectivity index (χ3v) is 10.3. The molecule has 0 aliphatic carbocycles. The van der Waals surface area contributed by atoms with E-state index in [1.807, 2.05) is 0 Å². The van der Waals surface area contributed by atoms with Crippen LogP contribution in [0.3, 0.4) is 0 Å². The van der Waals surface area contributed by atoms with Gasteiger partial charge in [0.1, 0.15) is 0 Å². The molecule has 0 aliphatic rings. The maximum absolute atomic E-state index is 2.40. The third-order valence-electron chi connectivity index (χ3n) is 10.3. The van der Waals surface area contributed by atoms with Crippen LogP contribution in [0.15, 0.2) is 237 Å². The summed E-state index contributed by atoms with van der Waals surface area (Å²) in [6.45, 7) is 0. The smallest absolute Gasteiger partial charge is 0.0540 e. The number of nitrogens with zero attached hydrogens (tertiary/aromatic N) is 1. The molecule has 0 amide bonds. The Kier molecular flexibility index (Phi) is 9.41. The maximum Gasteiger partial charge on any atom is 0.0540 e. The number of anilines is 3. The highest BCUT2D eigenvalue weighted by molar-refractivity contribution is 5.90. The summed E-state index contributed by atoms with van der Waals surface area (Å²) in [7, 11) is 0. The number of rotatable bonds is 9. The zero-order valence-corrected chi connectivity index (χ0v) is 30.5. The molecule has 9 rings (SSSR count). The molecule has 0 radical (unpaired) electrons. The van der Waals surface area contributed by atoms with Crippen molar-refractivity contribution in [3.8, 4) is 66.8 Å². The van der Waals surface area contributed by atoms with Gasteiger partial charge >= 0.3 is 0 Å². The van der Waals surface area contributed by atoms with E-state index in [4.69, 9.17) is 0 Å². The topological polar surface area (TPSA) is 3.24 Å². The van der Waals surface area contributed by atoms with Crippen LogP contribution in [0.2, 0.25) is 0 Å². The number of para-hydroxylation sites is 1. The first-order chi connectivity index (χ1) is 27.3. The van der Waals surface area contributed by atoms with Crippen molar-refractivity contribution in [1.82, 2.24) is 0 Å². The van der Waals surface area contributed by atoms with Gasteiger partial charge in [0.2, 0.25) is 0 Å². The first kappa shape index (κ1) is 33.6. The van der Waals surface area contributed by atoms with Crippen molar-refractivity contribution in [1.29, 1.82) is 0 Å². The SMILES string of the molecule is c1ccc(-c2ccc(-c3ccccc3N(c3ccc(-c4cccc(-c5ccccc5)c4)cc3)c3cccc(-c4cccc(-c5ccccc5)c4)c3)cc2)cc1. The van der Waals surface area contributed by atoms with Crippen molar-refractivity contribution in [3.05, 3.63) is 237 Å². The lowest BCUT2D eigenvalue weighted by molar-refractivity contribution is 1.28. The number of hydrogen-bond acceptors (Lipinski definition) is 1. The Labute approximate surface area is 324 Å². The molecule has 55 heavy (non-hydrogen) atoms. The van der Waals surface area contributed by atoms with Crippen LogP contribution in [0.1, 0.15) is 0 Å². The lowest BCUT2D eigenvalue weighted by atomic mass is 9.96. The van der Waals surface area contributed by atoms with Crippen molar-refractivity contribution in [3.63, 3.8) is 0 Å². The van der Waals surface area contributed by atoms with Crippen LogP contribution in [-0.4, -0.2) is 0 Å². The van der Waals surface area contributed by atoms with Gasteiger partial charge in [0, 0.05) is 16.9 Å². The van der Waals surface area contributed by atoms with Crippen molar-refractivity contribution < 1.29 is 0 Å². The Morgan fingerprint density at radius 1 is 0.200 bits per heavy atom. The summed E-state index contributed by atoms with van der Waals surface area (Å²) in [5.74, 6) is 0. The van der Waals surface area contributed by atoms with Gasteiger partial charge in [-0.05, 0) is 104 Å². The van der Waals surface area contributed by atoms with Crippen molar-refractivity contribution >= 4 is 17.1 Å². The van der Waals surface area contributed by atoms with Crippen LogP contribution < -0.4 is 4.90 Å². The molecule has 1 heteroatoms. The quantitative estimate of drug-likeness (QED) is 0.145. The highest BCUT2D eigenvalue weighted by atomic mass is 15.1. The molecule has 0 fully saturated rings. The van der Waals surface area contributed by atoms with Gasteiger partial charge in [0.05, 0.1) is 5.69 Å². The Morgan fingerprint density at radius 3 is 1.09 bits per heavy atom. The molecule has 0 heterocycles. The van der Waals surface area contributed by atoms with E-state index < -0.39 is 0 Å². The first-order valence-corrected chi connectivity index (χ1v) is 18.8. The van der Waals surface area contributed by atoms with Crippen LogP contribution in [0.25, 0.3) is 66.8 Å². The highest BCUT2D eigenvalue weighted by Gasteiger charge is 2.18. The molecule has 0 saturated carbocycles. The standard InChI is InChI=1S/C54H39N/c1-4-15-40(16-5-1)43-29-31-45(32-30-43)53-27-10-11-28-54(53)55(51-35-33-44(34-36-51)48-23-12-21-46(37-48)41-17-6-2-7-18-41)52-26-14-25-50(39-52)49-24-13-22-47(38-49)42-19-8-3-9-20-42/h1-39H. The molecule has 0 saturated heterocycles. The molecule has 0 bridgehead atoms. The first-order valence-electron chi connectivity index (χ1n) is 18.8. The lowest BCUT2D eigenvalue weighted by Crippen LogP contribution is -2.11. The van der Waals surface area contributed by atoms with Crippen molar-refractivity contribution in [2.45, 2.75) is 0 Å². The van der Waals surface area contributed by atoms with Gasteiger partial charge < -0.3 is 4.90 Å². The summed E-state index contributed by atoms with van der Waals surface area (Å²) in [5, 5.41) is 0. The Balaban J connectivity index is 1.14. The predicted molar refractivity (Wildman–Crippen MR) is 234 cm³/mol. The van der Waals surface area contributed by atoms with Crippen molar-refractivity contribution in [2.75, 3.05) is 4.90 Å². The monoisotopic (exact) mass is 701 g/mol. The predicted octanol–water partition coefficient (Wildman–Crippen LogP) is 15.2. The maximum atomic E-state index is 2.40. The average molecular weight is 702 g/mol. The second kappa shape index (κ2) is 15.4. The highest BCUT2D eigenvalue weighted by Crippen LogP contribution is 2.43. The minimum absolute atomic E-state index is 1.09. The van der Waals surface area contributed by atoms with Crippen LogP contribution in [0.4, 0.5) is 17.1 Å². The van der Waals surface area contributed by atoms with E-state index >= 15 is 0 Å². The van der Waals surface area contributed by atoms with Gasteiger partial charge in [-0.1, -0.05) is 194 Å². The van der Waals surface area contributed by atoms with E-state index in [-0.39, 0.29) is 0 Å². The van der Waals surface area contributed by atoms with Gasteiger partial charge in [-0.3, -0.25) is 0 Å². The summed E-state index contributed by atoms with van der Waals surface area (Å²) >= 11 is 0. The molecule has 260 valence electrons. The summed E-state index contributed by atoms with van der Waals surface area (Å²) in [4.78, 5) is 2.40. The van der Waals surface area contributed by atoms with Gasteiger partial charge in [-0.2, -0.15) is 0 Å². The van der Waals surface area contributed by atoms with Crippen molar-refractivity contribution in [2.24, 2.45) is 0 Å². The fourth-order valence-electron chi connectivity index (χ4n) is 7.46. The zero-order valence-electron chi connectivity index (χ0n) is 30.5. The van der Waals surface area contributed by atoms with Crippen LogP contribution in [0.5, 0.6) is 0 Å². The van der Waals surface area contributed by atoms with Gasteiger partial charge in [-0.15, -0.1) is 0 Å². The molecule has 1 nitrogen and oxygen atoms in total. The van der Waals surface area contributed by atoms with Crippen LogP contribution in [-0.2, 0) is 0 Å². The molecule has 0 aliphatic heterocycles. The fraction of sp³-hybridized carbons (Fsp3) is 0. The summed E-state index contributed by atoms with van der Waals surface area (Å²) in [6.07, 6.45) is 0. The van der Waals surface area contributed by atoms with E-state index in [0.29, 0.717) is 0 Å². The van der Waals surface area contributed by atoms with E-state index in [9.17, 15) is 0 Å². The van der Waals surface area contributed by atoms with Gasteiger partial charge in [0.25, 0.3) is 0 Å². The van der Waals surface area contributed by atoms with E-state index in [0.717, 1.165) is 17.1 Å². The molecule has 0 atom stereocenters. The normalized spacial score (nSPS) is 10.9. The molecule has 0 spiro atoms. The summed E-state index contributed by atoms with van der Waals surface area (Å²) < 4.78 is 0. The van der Waals surface area contributed by atoms with E-state index in [2.05, 4.69) is 241 Å². The Hall–Kier alpha value is -7.22. The Bertz CT molecular complexity index is 2660. The third kappa shape index (κ3) is 7.25. The molecule has 9 aromatic rings. The van der Waals surface area contributed by atoms with Gasteiger partial charge in [0.15, 0.2) is 0 Å². The van der Waals surface area contributed by atoms with Gasteiger partial charge in [-0.25, -0.2) is 0 Å². The Morgan fingerprint density at radius 2 is 0.545 bits per heavy atom. The summed E-state index contributed by atoms with van der Waals surface area (Å²) in [5.41, 5.74) is 17.6. The second-order valence-corrected chi connectivity index (χ2v) is 13.8. The molecule has 0 N–H and O–H groups in total. The number of hydrogen-bond donors (Lipinski definition) is 0. The number of benzene rings is 9. The molecular formula is C54H39N. The second-order valence-electron chi connectivity index (χ2n) is 13.8. The lowest BCUT2D eigenvalue weighted by Gasteiger charge is -2.28. The molecule has 9 aromatic carbocycles. The van der Waals surface area contributed by atoms with E-state index in [1.54, 1.807) is 0 Å². The largest absolute Gasteiger partial charge is 0.310 e. The fourth-order valence-corrected chi connectivity index (χ4v) is 7.46. The summed E-state index contributed by atoms with van der Waals surface area (Å²) in [6, 6.07) is 85.0. The minimum atomic E-state index is 1.09. The van der Waals surface area contributed by atoms with Crippen LogP contribution >= 0.6 is 0 Å². The average Bonchev–Trinajstić information content (AvgIpc) is 3.28. The zero-order chi connectivity index (χ0) is 36.8.